The fourth-order valence-corrected chi connectivity index (χ4v) is 1.98. The Balaban J connectivity index is 1.88. The molecule has 1 atom stereocenters. The molecule has 0 aliphatic carbocycles. The lowest BCUT2D eigenvalue weighted by Gasteiger charge is -2.35. The fourth-order valence-electron chi connectivity index (χ4n) is 1.98. The van der Waals surface area contributed by atoms with Crippen LogP contribution < -0.4 is 15.5 Å². The van der Waals surface area contributed by atoms with Crippen LogP contribution >= 0.6 is 0 Å². The van der Waals surface area contributed by atoms with Crippen LogP contribution in [0.5, 0.6) is 0 Å². The van der Waals surface area contributed by atoms with E-state index in [1.165, 1.54) is 4.68 Å². The molecule has 1 unspecified atom stereocenters. The van der Waals surface area contributed by atoms with Gasteiger partial charge in [-0.15, -0.1) is 0 Å². The van der Waals surface area contributed by atoms with E-state index >= 15 is 0 Å². The summed E-state index contributed by atoms with van der Waals surface area (Å²) in [6.45, 7) is 2.72. The lowest BCUT2D eigenvalue weighted by atomic mass is 10.4. The van der Waals surface area contributed by atoms with Crippen molar-refractivity contribution in [1.29, 1.82) is 0 Å². The van der Waals surface area contributed by atoms with Gasteiger partial charge in [-0.1, -0.05) is 0 Å². The molecule has 2 aromatic heterocycles. The van der Waals surface area contributed by atoms with E-state index in [4.69, 9.17) is 0 Å². The summed E-state index contributed by atoms with van der Waals surface area (Å²) in [5.41, 5.74) is 0. The van der Waals surface area contributed by atoms with Gasteiger partial charge in [0.25, 0.3) is 0 Å². The lowest BCUT2D eigenvalue weighted by molar-refractivity contribution is 0.234. The smallest absolute Gasteiger partial charge is 0.333 e. The SMILES string of the molecule is CCN(c1cnc[nH]1)C1NC(=O)n2nccc2N1. The summed E-state index contributed by atoms with van der Waals surface area (Å²) in [5.74, 6) is 1.50. The molecule has 0 saturated heterocycles. The first kappa shape index (κ1) is 10.6. The number of imidazole rings is 1. The summed E-state index contributed by atoms with van der Waals surface area (Å²) in [6.07, 6.45) is 4.57. The minimum atomic E-state index is -0.327. The number of hydrogen-bond donors (Lipinski definition) is 3. The van der Waals surface area contributed by atoms with Crippen molar-refractivity contribution in [3.05, 3.63) is 24.8 Å². The van der Waals surface area contributed by atoms with Crippen molar-refractivity contribution >= 4 is 17.7 Å². The van der Waals surface area contributed by atoms with Crippen LogP contribution in [0.25, 0.3) is 0 Å². The van der Waals surface area contributed by atoms with Gasteiger partial charge in [0.2, 0.25) is 0 Å². The summed E-state index contributed by atoms with van der Waals surface area (Å²) >= 11 is 0. The first-order valence-corrected chi connectivity index (χ1v) is 5.66. The molecule has 0 aromatic carbocycles. The quantitative estimate of drug-likeness (QED) is 0.730. The molecule has 0 saturated carbocycles. The molecule has 3 N–H and O–H groups in total. The number of fused-ring (bicyclic) bond motifs is 1. The van der Waals surface area contributed by atoms with Gasteiger partial charge in [0.05, 0.1) is 18.7 Å². The molecule has 3 heterocycles. The van der Waals surface area contributed by atoms with Crippen molar-refractivity contribution in [1.82, 2.24) is 25.1 Å². The molecular formula is C10H13N7O. The van der Waals surface area contributed by atoms with Crippen molar-refractivity contribution in [2.24, 2.45) is 0 Å². The van der Waals surface area contributed by atoms with Gasteiger partial charge in [-0.2, -0.15) is 9.78 Å². The number of nitrogens with one attached hydrogen (secondary N) is 3. The summed E-state index contributed by atoms with van der Waals surface area (Å²) in [7, 11) is 0. The van der Waals surface area contributed by atoms with E-state index in [0.29, 0.717) is 12.4 Å². The highest BCUT2D eigenvalue weighted by Crippen LogP contribution is 2.17. The molecule has 1 amide bonds. The second-order valence-electron chi connectivity index (χ2n) is 3.85. The number of hydrogen-bond acceptors (Lipinski definition) is 5. The predicted molar refractivity (Wildman–Crippen MR) is 65.2 cm³/mol. The second-order valence-corrected chi connectivity index (χ2v) is 3.85. The minimum absolute atomic E-state index is 0.253. The highest BCUT2D eigenvalue weighted by molar-refractivity contribution is 5.82. The molecule has 0 bridgehead atoms. The van der Waals surface area contributed by atoms with Gasteiger partial charge in [-0.05, 0) is 6.92 Å². The number of nitrogens with zero attached hydrogens (tertiary/aromatic N) is 4. The molecule has 18 heavy (non-hydrogen) atoms. The fraction of sp³-hybridized carbons (Fsp3) is 0.300. The lowest BCUT2D eigenvalue weighted by Crippen LogP contribution is -2.57. The molecule has 3 rings (SSSR count). The normalized spacial score (nSPS) is 17.8. The largest absolute Gasteiger partial charge is 0.347 e. The van der Waals surface area contributed by atoms with Crippen LogP contribution in [0.2, 0.25) is 0 Å². The molecule has 94 valence electrons. The van der Waals surface area contributed by atoms with Crippen molar-refractivity contribution in [2.75, 3.05) is 16.8 Å². The summed E-state index contributed by atoms with van der Waals surface area (Å²) < 4.78 is 1.29. The van der Waals surface area contributed by atoms with Crippen molar-refractivity contribution in [3.63, 3.8) is 0 Å². The van der Waals surface area contributed by atoms with Crippen molar-refractivity contribution in [3.8, 4) is 0 Å². The van der Waals surface area contributed by atoms with Gasteiger partial charge < -0.3 is 15.2 Å². The Morgan fingerprint density at radius 2 is 2.39 bits per heavy atom. The standard InChI is InChI=1S/C10H13N7O/c1-2-16(8-5-11-6-12-8)9-14-7-3-4-13-17(7)10(18)15-9/h3-6,9,14H,2H2,1H3,(H,11,12)(H,15,18). The molecule has 1 aliphatic heterocycles. The third-order valence-corrected chi connectivity index (χ3v) is 2.83. The number of aromatic amines is 1. The van der Waals surface area contributed by atoms with Gasteiger partial charge in [-0.25, -0.2) is 9.78 Å². The summed E-state index contributed by atoms with van der Waals surface area (Å²) in [6, 6.07) is 1.50. The Morgan fingerprint density at radius 1 is 1.50 bits per heavy atom. The predicted octanol–water partition coefficient (Wildman–Crippen LogP) is 0.399. The van der Waals surface area contributed by atoms with E-state index < -0.39 is 0 Å². The van der Waals surface area contributed by atoms with E-state index in [2.05, 4.69) is 25.7 Å². The first-order valence-electron chi connectivity index (χ1n) is 5.66. The number of rotatable bonds is 3. The molecule has 2 aromatic rings. The molecular weight excluding hydrogens is 234 g/mol. The van der Waals surface area contributed by atoms with Gasteiger partial charge in [0.15, 0.2) is 6.29 Å². The maximum absolute atomic E-state index is 11.8. The van der Waals surface area contributed by atoms with Crippen LogP contribution in [-0.4, -0.2) is 38.6 Å². The minimum Gasteiger partial charge on any atom is -0.333 e. The summed E-state index contributed by atoms with van der Waals surface area (Å²) in [4.78, 5) is 20.8. The van der Waals surface area contributed by atoms with Crippen LogP contribution in [0.4, 0.5) is 16.4 Å². The zero-order valence-corrected chi connectivity index (χ0v) is 9.79. The zero-order valence-electron chi connectivity index (χ0n) is 9.79. The van der Waals surface area contributed by atoms with E-state index in [-0.39, 0.29) is 12.3 Å². The van der Waals surface area contributed by atoms with E-state index in [1.54, 1.807) is 24.8 Å². The van der Waals surface area contributed by atoms with Gasteiger partial charge >= 0.3 is 6.03 Å². The van der Waals surface area contributed by atoms with Crippen molar-refractivity contribution in [2.45, 2.75) is 13.2 Å². The molecule has 0 fully saturated rings. The molecule has 8 nitrogen and oxygen atoms in total. The molecule has 0 radical (unpaired) electrons. The van der Waals surface area contributed by atoms with Crippen molar-refractivity contribution < 1.29 is 4.79 Å². The average molecular weight is 247 g/mol. The van der Waals surface area contributed by atoms with E-state index in [1.807, 2.05) is 11.8 Å². The zero-order chi connectivity index (χ0) is 12.5. The van der Waals surface area contributed by atoms with E-state index in [0.717, 1.165) is 5.82 Å². The number of aromatic nitrogens is 4. The Morgan fingerprint density at radius 3 is 3.11 bits per heavy atom. The molecule has 1 aliphatic rings. The first-order chi connectivity index (χ1) is 8.79. The van der Waals surface area contributed by atoms with Crippen LogP contribution in [0.3, 0.4) is 0 Å². The monoisotopic (exact) mass is 247 g/mol. The topological polar surface area (TPSA) is 90.9 Å². The molecule has 0 spiro atoms. The molecule has 8 heteroatoms. The van der Waals surface area contributed by atoms with E-state index in [9.17, 15) is 4.79 Å². The number of carbonyl (C=O) groups excluding carboxylic acids is 1. The number of carbonyl (C=O) groups is 1. The number of amides is 1. The Kier molecular flexibility index (Phi) is 2.40. The van der Waals surface area contributed by atoms with Gasteiger partial charge in [0.1, 0.15) is 11.6 Å². The third-order valence-electron chi connectivity index (χ3n) is 2.83. The van der Waals surface area contributed by atoms with Crippen LogP contribution in [0.1, 0.15) is 6.92 Å². The Hall–Kier alpha value is -2.51. The maximum Gasteiger partial charge on any atom is 0.347 e. The van der Waals surface area contributed by atoms with Gasteiger partial charge in [-0.3, -0.25) is 5.32 Å². The Labute approximate surface area is 103 Å². The highest BCUT2D eigenvalue weighted by atomic mass is 16.2. The number of anilines is 2. The van der Waals surface area contributed by atoms with Crippen LogP contribution in [-0.2, 0) is 0 Å². The van der Waals surface area contributed by atoms with Crippen LogP contribution in [0, 0.1) is 0 Å². The number of H-pyrrole nitrogens is 1. The average Bonchev–Trinajstić information content (AvgIpc) is 3.00. The second kappa shape index (κ2) is 4.06. The summed E-state index contributed by atoms with van der Waals surface area (Å²) in [5, 5.41) is 9.94. The Bertz CT molecular complexity index is 546. The maximum atomic E-state index is 11.8. The highest BCUT2D eigenvalue weighted by Gasteiger charge is 2.28. The van der Waals surface area contributed by atoms with Gasteiger partial charge in [0, 0.05) is 12.6 Å². The van der Waals surface area contributed by atoms with Crippen LogP contribution in [0.15, 0.2) is 24.8 Å². The third kappa shape index (κ3) is 1.58.